The molecule has 0 radical (unpaired) electrons. The number of benzene rings is 1. The van der Waals surface area contributed by atoms with E-state index < -0.39 is 0 Å². The summed E-state index contributed by atoms with van der Waals surface area (Å²) in [5, 5.41) is 2.86. The first kappa shape index (κ1) is 20.0. The zero-order valence-electron chi connectivity index (χ0n) is 16.0. The molecule has 1 unspecified atom stereocenters. The van der Waals surface area contributed by atoms with Crippen molar-refractivity contribution in [1.82, 2.24) is 4.90 Å². The van der Waals surface area contributed by atoms with Crippen molar-refractivity contribution in [3.05, 3.63) is 36.0 Å². The van der Waals surface area contributed by atoms with Crippen LogP contribution >= 0.6 is 0 Å². The molecule has 0 saturated heterocycles. The Balaban J connectivity index is 1.84. The number of hydrogen-bond donors (Lipinski definition) is 2. The molecule has 6 heteroatoms. The highest BCUT2D eigenvalue weighted by molar-refractivity contribution is 5.91. The molecule has 1 aromatic rings. The van der Waals surface area contributed by atoms with Crippen molar-refractivity contribution in [1.29, 1.82) is 0 Å². The predicted molar refractivity (Wildman–Crippen MR) is 102 cm³/mol. The number of carbonyl (C=O) groups is 2. The lowest BCUT2D eigenvalue weighted by molar-refractivity contribution is -0.862. The Labute approximate surface area is 155 Å². The van der Waals surface area contributed by atoms with Gasteiger partial charge in [-0.15, -0.1) is 0 Å². The molecule has 0 bridgehead atoms. The minimum Gasteiger partial charge on any atom is -0.497 e. The summed E-state index contributed by atoms with van der Waals surface area (Å²) < 4.78 is 5.10. The maximum absolute atomic E-state index is 12.7. The minimum atomic E-state index is -0.109. The Kier molecular flexibility index (Phi) is 7.66. The molecule has 0 saturated carbocycles. The number of ether oxygens (including phenoxy) is 1. The van der Waals surface area contributed by atoms with Gasteiger partial charge < -0.3 is 19.9 Å². The van der Waals surface area contributed by atoms with Gasteiger partial charge in [0.25, 0.3) is 11.8 Å². The van der Waals surface area contributed by atoms with E-state index in [1.807, 2.05) is 11.9 Å². The summed E-state index contributed by atoms with van der Waals surface area (Å²) in [6.45, 7) is 3.38. The summed E-state index contributed by atoms with van der Waals surface area (Å²) >= 11 is 0. The minimum absolute atomic E-state index is 0.0924. The van der Waals surface area contributed by atoms with Gasteiger partial charge in [-0.25, -0.2) is 0 Å². The van der Waals surface area contributed by atoms with Crippen LogP contribution in [0, 0.1) is 0 Å². The molecule has 1 aliphatic carbocycles. The molecule has 0 fully saturated rings. The first-order chi connectivity index (χ1) is 12.5. The second-order valence-electron chi connectivity index (χ2n) is 6.72. The maximum atomic E-state index is 12.7. The summed E-state index contributed by atoms with van der Waals surface area (Å²) in [5.74, 6) is 0.728. The van der Waals surface area contributed by atoms with Crippen LogP contribution in [0.15, 0.2) is 36.0 Å². The van der Waals surface area contributed by atoms with E-state index in [1.54, 1.807) is 31.4 Å². The van der Waals surface area contributed by atoms with E-state index in [1.165, 1.54) is 0 Å². The third-order valence-electron chi connectivity index (χ3n) is 4.40. The van der Waals surface area contributed by atoms with E-state index in [4.69, 9.17) is 4.74 Å². The summed E-state index contributed by atoms with van der Waals surface area (Å²) in [5.41, 5.74) is 1.87. The molecule has 1 atom stereocenters. The molecule has 2 rings (SSSR count). The SMILES string of the molecule is CCCN(C(=O)C[NH+](C)CC(=O)Nc1ccc(OC)cc1)C1=CCCC1. The second kappa shape index (κ2) is 9.97. The zero-order chi connectivity index (χ0) is 18.9. The number of rotatable bonds is 9. The Bertz CT molecular complexity index is 640. The summed E-state index contributed by atoms with van der Waals surface area (Å²) in [6.07, 6.45) is 6.24. The fraction of sp³-hybridized carbons (Fsp3) is 0.500. The number of methoxy groups -OCH3 is 1. The quantitative estimate of drug-likeness (QED) is 0.701. The van der Waals surface area contributed by atoms with Crippen LogP contribution in [0.25, 0.3) is 0 Å². The van der Waals surface area contributed by atoms with Crippen LogP contribution in [-0.2, 0) is 9.59 Å². The van der Waals surface area contributed by atoms with Crippen molar-refractivity contribution in [2.75, 3.05) is 39.1 Å². The highest BCUT2D eigenvalue weighted by atomic mass is 16.5. The van der Waals surface area contributed by atoms with Crippen LogP contribution in [-0.4, -0.2) is 50.5 Å². The Hall–Kier alpha value is -2.34. The van der Waals surface area contributed by atoms with Crippen LogP contribution < -0.4 is 15.0 Å². The summed E-state index contributed by atoms with van der Waals surface area (Å²) in [7, 11) is 3.48. The number of allylic oxidation sites excluding steroid dienone is 2. The smallest absolute Gasteiger partial charge is 0.281 e. The van der Waals surface area contributed by atoms with Crippen molar-refractivity contribution < 1.29 is 19.2 Å². The summed E-state index contributed by atoms with van der Waals surface area (Å²) in [4.78, 5) is 27.6. The number of carbonyl (C=O) groups excluding carboxylic acids is 2. The molecule has 0 aliphatic heterocycles. The second-order valence-corrected chi connectivity index (χ2v) is 6.72. The van der Waals surface area contributed by atoms with Crippen LogP contribution in [0.5, 0.6) is 5.75 Å². The molecule has 1 aliphatic rings. The van der Waals surface area contributed by atoms with Crippen molar-refractivity contribution >= 4 is 17.5 Å². The van der Waals surface area contributed by atoms with Gasteiger partial charge in [-0.2, -0.15) is 0 Å². The monoisotopic (exact) mass is 360 g/mol. The number of quaternary nitrogens is 1. The number of likely N-dealkylation sites (N-methyl/N-ethyl adjacent to an activating group) is 1. The van der Waals surface area contributed by atoms with Crippen LogP contribution in [0.2, 0.25) is 0 Å². The molecule has 0 aromatic heterocycles. The van der Waals surface area contributed by atoms with Crippen LogP contribution in [0.3, 0.4) is 0 Å². The lowest BCUT2D eigenvalue weighted by atomic mass is 10.2. The predicted octanol–water partition coefficient (Wildman–Crippen LogP) is 1.45. The number of anilines is 1. The van der Waals surface area contributed by atoms with Crippen LogP contribution in [0.4, 0.5) is 5.69 Å². The molecular formula is C20H30N3O3+. The molecule has 6 nitrogen and oxygen atoms in total. The maximum Gasteiger partial charge on any atom is 0.281 e. The van der Waals surface area contributed by atoms with Crippen molar-refractivity contribution in [2.45, 2.75) is 32.6 Å². The Morgan fingerprint density at radius 1 is 1.23 bits per heavy atom. The molecule has 0 heterocycles. The molecule has 2 amide bonds. The molecule has 0 spiro atoms. The van der Waals surface area contributed by atoms with E-state index in [0.29, 0.717) is 6.54 Å². The van der Waals surface area contributed by atoms with E-state index >= 15 is 0 Å². The Morgan fingerprint density at radius 3 is 2.54 bits per heavy atom. The van der Waals surface area contributed by atoms with Crippen molar-refractivity contribution in [2.24, 2.45) is 0 Å². The highest BCUT2D eigenvalue weighted by Gasteiger charge is 2.23. The number of nitrogens with one attached hydrogen (secondary N) is 2. The summed E-state index contributed by atoms with van der Waals surface area (Å²) in [6, 6.07) is 7.20. The topological polar surface area (TPSA) is 63.1 Å². The van der Waals surface area contributed by atoms with Gasteiger partial charge in [-0.1, -0.05) is 13.0 Å². The van der Waals surface area contributed by atoms with Crippen molar-refractivity contribution in [3.63, 3.8) is 0 Å². The fourth-order valence-electron chi connectivity index (χ4n) is 3.12. The van der Waals surface area contributed by atoms with Gasteiger partial charge >= 0.3 is 0 Å². The third-order valence-corrected chi connectivity index (χ3v) is 4.40. The van der Waals surface area contributed by atoms with Gasteiger partial charge in [0.15, 0.2) is 13.1 Å². The largest absolute Gasteiger partial charge is 0.497 e. The molecule has 26 heavy (non-hydrogen) atoms. The lowest BCUT2D eigenvalue weighted by Gasteiger charge is -2.24. The normalized spacial score (nSPS) is 14.5. The number of nitrogens with zero attached hydrogens (tertiary/aromatic N) is 1. The molecule has 1 aromatic carbocycles. The number of hydrogen-bond acceptors (Lipinski definition) is 3. The first-order valence-electron chi connectivity index (χ1n) is 9.28. The van der Waals surface area contributed by atoms with Gasteiger partial charge in [0, 0.05) is 17.9 Å². The van der Waals surface area contributed by atoms with Gasteiger partial charge in [-0.3, -0.25) is 9.59 Å². The lowest BCUT2D eigenvalue weighted by Crippen LogP contribution is -3.11. The molecular weight excluding hydrogens is 330 g/mol. The fourth-order valence-corrected chi connectivity index (χ4v) is 3.12. The van der Waals surface area contributed by atoms with Gasteiger partial charge in [0.1, 0.15) is 5.75 Å². The first-order valence-corrected chi connectivity index (χ1v) is 9.28. The average molecular weight is 360 g/mol. The molecule has 2 N–H and O–H groups in total. The van der Waals surface area contributed by atoms with E-state index in [0.717, 1.165) is 54.3 Å². The van der Waals surface area contributed by atoms with Gasteiger partial charge in [-0.05, 0) is 49.9 Å². The number of amides is 2. The average Bonchev–Trinajstić information content (AvgIpc) is 3.14. The van der Waals surface area contributed by atoms with Crippen LogP contribution in [0.1, 0.15) is 32.6 Å². The van der Waals surface area contributed by atoms with Crippen molar-refractivity contribution in [3.8, 4) is 5.75 Å². The Morgan fingerprint density at radius 2 is 1.96 bits per heavy atom. The zero-order valence-corrected chi connectivity index (χ0v) is 16.0. The van der Waals surface area contributed by atoms with E-state index in [9.17, 15) is 9.59 Å². The van der Waals surface area contributed by atoms with E-state index in [2.05, 4.69) is 18.3 Å². The standard InChI is InChI=1S/C20H29N3O3/c1-4-13-23(17-7-5-6-8-17)20(25)15-22(2)14-19(24)21-16-9-11-18(26-3)12-10-16/h7,9-12H,4-6,8,13-15H2,1-3H3,(H,21,24)/p+1. The highest BCUT2D eigenvalue weighted by Crippen LogP contribution is 2.21. The third kappa shape index (κ3) is 5.88. The molecule has 142 valence electrons. The van der Waals surface area contributed by atoms with Gasteiger partial charge in [0.2, 0.25) is 0 Å². The van der Waals surface area contributed by atoms with Gasteiger partial charge in [0.05, 0.1) is 14.2 Å². The van der Waals surface area contributed by atoms with E-state index in [-0.39, 0.29) is 18.4 Å².